The molecule has 3 aromatic rings. The average Bonchev–Trinajstić information content (AvgIpc) is 2.74. The average molecular weight is 421 g/mol. The molecular weight excluding hydrogens is 402 g/mol. The van der Waals surface area contributed by atoms with Crippen LogP contribution in [0.2, 0.25) is 0 Å². The third-order valence-electron chi connectivity index (χ3n) is 3.91. The van der Waals surface area contributed by atoms with E-state index in [0.717, 1.165) is 10.6 Å². The molecule has 0 atom stereocenters. The molecule has 2 N–H and O–H groups in total. The summed E-state index contributed by atoms with van der Waals surface area (Å²) >= 11 is 1.38. The van der Waals surface area contributed by atoms with Gasteiger partial charge in [-0.15, -0.1) is 0 Å². The molecule has 0 aliphatic carbocycles. The van der Waals surface area contributed by atoms with Crippen LogP contribution in [0.4, 0.5) is 17.3 Å². The van der Waals surface area contributed by atoms with Crippen molar-refractivity contribution in [1.29, 1.82) is 5.26 Å². The van der Waals surface area contributed by atoms with Gasteiger partial charge in [-0.05, 0) is 36.4 Å². The predicted octanol–water partition coefficient (Wildman–Crippen LogP) is 4.22. The van der Waals surface area contributed by atoms with E-state index < -0.39 is 0 Å². The summed E-state index contributed by atoms with van der Waals surface area (Å²) < 4.78 is 10.6. The molecular formula is C21H19N5O3S. The van der Waals surface area contributed by atoms with Crippen molar-refractivity contribution in [2.75, 3.05) is 24.9 Å². The van der Waals surface area contributed by atoms with Gasteiger partial charge in [0.2, 0.25) is 11.9 Å². The molecule has 152 valence electrons. The Morgan fingerprint density at radius 3 is 2.60 bits per heavy atom. The maximum atomic E-state index is 11.3. The molecule has 0 aliphatic rings. The number of hydrogen-bond donors (Lipinski definition) is 2. The zero-order valence-electron chi connectivity index (χ0n) is 16.6. The number of methoxy groups -OCH3 is 2. The van der Waals surface area contributed by atoms with Crippen LogP contribution < -0.4 is 20.1 Å². The fourth-order valence-corrected chi connectivity index (χ4v) is 3.42. The summed E-state index contributed by atoms with van der Waals surface area (Å²) in [4.78, 5) is 20.8. The van der Waals surface area contributed by atoms with Gasteiger partial charge >= 0.3 is 0 Å². The highest BCUT2D eigenvalue weighted by Gasteiger charge is 2.09. The molecule has 1 aromatic heterocycles. The van der Waals surface area contributed by atoms with Gasteiger partial charge in [-0.3, -0.25) is 4.79 Å². The highest BCUT2D eigenvalue weighted by molar-refractivity contribution is 7.99. The first-order chi connectivity index (χ1) is 14.5. The number of amides is 1. The van der Waals surface area contributed by atoms with Gasteiger partial charge in [0, 0.05) is 29.8 Å². The molecule has 0 aliphatic heterocycles. The molecule has 0 saturated heterocycles. The smallest absolute Gasteiger partial charge is 0.228 e. The van der Waals surface area contributed by atoms with Crippen LogP contribution in [0.15, 0.2) is 58.6 Å². The summed E-state index contributed by atoms with van der Waals surface area (Å²) in [6, 6.07) is 14.5. The number of rotatable bonds is 7. The summed E-state index contributed by atoms with van der Waals surface area (Å²) in [6.07, 6.45) is 1.65. The van der Waals surface area contributed by atoms with Crippen LogP contribution >= 0.6 is 11.8 Å². The number of nitriles is 1. The van der Waals surface area contributed by atoms with Crippen molar-refractivity contribution in [3.8, 4) is 17.6 Å². The topological polar surface area (TPSA) is 109 Å². The van der Waals surface area contributed by atoms with E-state index in [-0.39, 0.29) is 5.91 Å². The second-order valence-electron chi connectivity index (χ2n) is 6.02. The predicted molar refractivity (Wildman–Crippen MR) is 114 cm³/mol. The van der Waals surface area contributed by atoms with Crippen molar-refractivity contribution in [3.63, 3.8) is 0 Å². The molecule has 8 nitrogen and oxygen atoms in total. The third kappa shape index (κ3) is 5.18. The van der Waals surface area contributed by atoms with Gasteiger partial charge in [-0.25, -0.2) is 9.97 Å². The number of carbonyl (C=O) groups is 1. The van der Waals surface area contributed by atoms with Crippen LogP contribution in [0.25, 0.3) is 0 Å². The normalized spacial score (nSPS) is 10.1. The molecule has 0 fully saturated rings. The Hall–Kier alpha value is -3.77. The summed E-state index contributed by atoms with van der Waals surface area (Å²) in [5.41, 5.74) is 1.61. The Labute approximate surface area is 178 Å². The number of hydrogen-bond acceptors (Lipinski definition) is 8. The Balaban J connectivity index is 1.78. The molecule has 0 bridgehead atoms. The van der Waals surface area contributed by atoms with Gasteiger partial charge in [0.05, 0.1) is 25.5 Å². The number of nitrogens with zero attached hydrogens (tertiary/aromatic N) is 3. The molecule has 2 aromatic carbocycles. The second kappa shape index (κ2) is 9.62. The van der Waals surface area contributed by atoms with E-state index in [1.165, 1.54) is 18.7 Å². The van der Waals surface area contributed by atoms with E-state index in [9.17, 15) is 10.1 Å². The minimum atomic E-state index is -0.228. The minimum Gasteiger partial charge on any atom is -0.493 e. The standard InChI is InChI=1S/C21H19N5O3S/c1-13(27)24-17-6-5-16(10-14(17)12-22)30-20-8-9-23-21(26-20)25-15-4-7-18(28-2)19(11-15)29-3/h4-11H,1-3H3,(H,24,27)(H,23,25,26). The summed E-state index contributed by atoms with van der Waals surface area (Å²) in [5, 5.41) is 15.8. The zero-order valence-corrected chi connectivity index (χ0v) is 17.4. The molecule has 0 spiro atoms. The highest BCUT2D eigenvalue weighted by Crippen LogP contribution is 2.32. The van der Waals surface area contributed by atoms with Crippen LogP contribution in [-0.4, -0.2) is 30.1 Å². The van der Waals surface area contributed by atoms with Gasteiger partial charge in [-0.2, -0.15) is 5.26 Å². The second-order valence-corrected chi connectivity index (χ2v) is 7.11. The van der Waals surface area contributed by atoms with Crippen LogP contribution in [0.3, 0.4) is 0 Å². The SMILES string of the molecule is COc1ccc(Nc2nccc(Sc3ccc(NC(C)=O)c(C#N)c3)n2)cc1OC. The Bertz CT molecular complexity index is 1110. The Morgan fingerprint density at radius 2 is 1.90 bits per heavy atom. The lowest BCUT2D eigenvalue weighted by Gasteiger charge is -2.11. The van der Waals surface area contributed by atoms with Crippen LogP contribution in [0.1, 0.15) is 12.5 Å². The third-order valence-corrected chi connectivity index (χ3v) is 4.84. The van der Waals surface area contributed by atoms with Gasteiger partial charge in [-0.1, -0.05) is 11.8 Å². The maximum Gasteiger partial charge on any atom is 0.228 e. The van der Waals surface area contributed by atoms with Crippen molar-refractivity contribution in [1.82, 2.24) is 9.97 Å². The molecule has 0 radical (unpaired) electrons. The quantitative estimate of drug-likeness (QED) is 0.546. The number of carbonyl (C=O) groups excluding carboxylic acids is 1. The summed E-state index contributed by atoms with van der Waals surface area (Å²) in [6.45, 7) is 1.40. The zero-order chi connectivity index (χ0) is 21.5. The number of benzene rings is 2. The summed E-state index contributed by atoms with van der Waals surface area (Å²) in [5.74, 6) is 1.41. The minimum absolute atomic E-state index is 0.228. The Kier molecular flexibility index (Phi) is 6.72. The largest absolute Gasteiger partial charge is 0.493 e. The molecule has 30 heavy (non-hydrogen) atoms. The molecule has 3 rings (SSSR count). The highest BCUT2D eigenvalue weighted by atomic mass is 32.2. The van der Waals surface area contributed by atoms with Gasteiger partial charge in [0.1, 0.15) is 11.1 Å². The van der Waals surface area contributed by atoms with E-state index in [1.807, 2.05) is 12.1 Å². The van der Waals surface area contributed by atoms with E-state index in [1.54, 1.807) is 50.7 Å². The molecule has 0 saturated carbocycles. The van der Waals surface area contributed by atoms with Crippen LogP contribution in [0, 0.1) is 11.3 Å². The van der Waals surface area contributed by atoms with E-state index in [0.29, 0.717) is 33.7 Å². The van der Waals surface area contributed by atoms with Crippen LogP contribution in [0.5, 0.6) is 11.5 Å². The van der Waals surface area contributed by atoms with Crippen molar-refractivity contribution in [3.05, 3.63) is 54.2 Å². The first-order valence-corrected chi connectivity index (χ1v) is 9.65. The monoisotopic (exact) mass is 421 g/mol. The lowest BCUT2D eigenvalue weighted by Crippen LogP contribution is -2.07. The summed E-state index contributed by atoms with van der Waals surface area (Å²) in [7, 11) is 3.15. The Morgan fingerprint density at radius 1 is 1.10 bits per heavy atom. The maximum absolute atomic E-state index is 11.3. The number of aromatic nitrogens is 2. The number of nitrogens with one attached hydrogen (secondary N) is 2. The fourth-order valence-electron chi connectivity index (χ4n) is 2.60. The lowest BCUT2D eigenvalue weighted by atomic mass is 10.2. The van der Waals surface area contributed by atoms with Gasteiger partial charge in [0.25, 0.3) is 0 Å². The number of ether oxygens (including phenoxy) is 2. The van der Waals surface area contributed by atoms with E-state index in [2.05, 4.69) is 26.7 Å². The van der Waals surface area contributed by atoms with E-state index >= 15 is 0 Å². The van der Waals surface area contributed by atoms with Crippen molar-refractivity contribution in [2.24, 2.45) is 0 Å². The molecule has 1 amide bonds. The van der Waals surface area contributed by atoms with Crippen LogP contribution in [-0.2, 0) is 4.79 Å². The fraction of sp³-hybridized carbons (Fsp3) is 0.143. The van der Waals surface area contributed by atoms with Crippen molar-refractivity contribution < 1.29 is 14.3 Å². The van der Waals surface area contributed by atoms with Crippen molar-refractivity contribution >= 4 is 35.0 Å². The molecule has 0 unspecified atom stereocenters. The molecule has 1 heterocycles. The first-order valence-electron chi connectivity index (χ1n) is 8.84. The van der Waals surface area contributed by atoms with Crippen molar-refractivity contribution in [2.45, 2.75) is 16.8 Å². The van der Waals surface area contributed by atoms with Gasteiger partial charge in [0.15, 0.2) is 11.5 Å². The van der Waals surface area contributed by atoms with Gasteiger partial charge < -0.3 is 20.1 Å². The molecule has 9 heteroatoms. The van der Waals surface area contributed by atoms with E-state index in [4.69, 9.17) is 9.47 Å². The first kappa shape index (κ1) is 21.0. The lowest BCUT2D eigenvalue weighted by molar-refractivity contribution is -0.114. The number of anilines is 3.